The van der Waals surface area contributed by atoms with Crippen LogP contribution < -0.4 is 5.32 Å². The smallest absolute Gasteiger partial charge is 0.0602 e. The fraction of sp³-hybridized carbons (Fsp3) is 0.364. The summed E-state index contributed by atoms with van der Waals surface area (Å²) in [5.41, 5.74) is 2.88. The van der Waals surface area contributed by atoms with Gasteiger partial charge < -0.3 is 0 Å². The topological polar surface area (TPSA) is 12.0 Å². The summed E-state index contributed by atoms with van der Waals surface area (Å²) in [6.45, 7) is 5.60. The molecule has 0 radical (unpaired) electrons. The molecule has 1 N–H and O–H groups in total. The maximum atomic E-state index is 3.59. The lowest BCUT2D eigenvalue weighted by molar-refractivity contribution is 0.567. The fourth-order valence-electron chi connectivity index (χ4n) is 1.34. The molecule has 0 bridgehead atoms. The van der Waals surface area contributed by atoms with Gasteiger partial charge in [0.15, 0.2) is 0 Å². The Morgan fingerprint density at radius 1 is 1.31 bits per heavy atom. The SMILES string of the molecule is CC1(C)NCc2ccccc2C=I1. The Kier molecular flexibility index (Phi) is 2.51. The second-order valence-corrected chi connectivity index (χ2v) is 7.69. The first-order chi connectivity index (χ1) is 6.17. The van der Waals surface area contributed by atoms with Gasteiger partial charge in [0.1, 0.15) is 0 Å². The third-order valence-electron chi connectivity index (χ3n) is 2.20. The van der Waals surface area contributed by atoms with Crippen molar-refractivity contribution in [2.24, 2.45) is 0 Å². The lowest BCUT2D eigenvalue weighted by atomic mass is 10.1. The van der Waals surface area contributed by atoms with E-state index in [0.29, 0.717) is 3.55 Å². The van der Waals surface area contributed by atoms with Crippen molar-refractivity contribution < 1.29 is 0 Å². The van der Waals surface area contributed by atoms with E-state index >= 15 is 0 Å². The van der Waals surface area contributed by atoms with Crippen molar-refractivity contribution in [3.05, 3.63) is 35.4 Å². The van der Waals surface area contributed by atoms with Gasteiger partial charge in [0.2, 0.25) is 0 Å². The Bertz CT molecular complexity index is 342. The van der Waals surface area contributed by atoms with E-state index in [0.717, 1.165) is 6.54 Å². The summed E-state index contributed by atoms with van der Waals surface area (Å²) < 4.78 is 2.78. The minimum absolute atomic E-state index is 0.116. The monoisotopic (exact) mass is 287 g/mol. The Morgan fingerprint density at radius 2 is 2.08 bits per heavy atom. The van der Waals surface area contributed by atoms with Crippen LogP contribution in [0.4, 0.5) is 0 Å². The van der Waals surface area contributed by atoms with E-state index in [-0.39, 0.29) is 20.7 Å². The first-order valence-electron chi connectivity index (χ1n) is 4.48. The number of rotatable bonds is 0. The van der Waals surface area contributed by atoms with Crippen molar-refractivity contribution >= 4 is 24.7 Å². The molecule has 1 aromatic carbocycles. The van der Waals surface area contributed by atoms with Gasteiger partial charge in [-0.25, -0.2) is 0 Å². The molecule has 0 spiro atoms. The van der Waals surface area contributed by atoms with E-state index in [9.17, 15) is 0 Å². The Hall–Kier alpha value is -0.220. The summed E-state index contributed by atoms with van der Waals surface area (Å²) in [4.78, 5) is 0. The van der Waals surface area contributed by atoms with Crippen LogP contribution in [0.5, 0.6) is 0 Å². The zero-order chi connectivity index (χ0) is 9.31. The van der Waals surface area contributed by atoms with Crippen LogP contribution in [0.25, 0.3) is 0 Å². The molecule has 1 aliphatic rings. The highest BCUT2D eigenvalue weighted by molar-refractivity contribution is 14.2. The number of halogens is 1. The molecular formula is C11H14IN. The van der Waals surface area contributed by atoms with Gasteiger partial charge >= 0.3 is 0 Å². The molecule has 0 unspecified atom stereocenters. The molecule has 0 saturated carbocycles. The molecule has 1 aromatic rings. The standard InChI is InChI=1S/C11H14IN/c1-11(2)12-7-9-5-3-4-6-10(9)8-13-11/h3-7,13H,8H2,1-2H3. The van der Waals surface area contributed by atoms with Gasteiger partial charge in [-0.3, -0.25) is 5.32 Å². The molecule has 1 heterocycles. The third kappa shape index (κ3) is 2.17. The summed E-state index contributed by atoms with van der Waals surface area (Å²) in [5.74, 6) is 0. The normalized spacial score (nSPS) is 19.8. The van der Waals surface area contributed by atoms with Crippen LogP contribution >= 0.6 is 20.7 Å². The average Bonchev–Trinajstić information content (AvgIpc) is 2.27. The molecule has 1 aliphatic heterocycles. The summed E-state index contributed by atoms with van der Waals surface area (Å²) in [6.07, 6.45) is 0. The van der Waals surface area contributed by atoms with E-state index in [1.54, 1.807) is 0 Å². The van der Waals surface area contributed by atoms with Gasteiger partial charge in [-0.15, -0.1) is 0 Å². The highest BCUT2D eigenvalue weighted by Crippen LogP contribution is 2.25. The first kappa shape index (κ1) is 9.34. The Balaban J connectivity index is 2.39. The number of hydrogen-bond donors (Lipinski definition) is 1. The highest BCUT2D eigenvalue weighted by Gasteiger charge is 2.16. The van der Waals surface area contributed by atoms with Crippen LogP contribution in [-0.4, -0.2) is 7.56 Å². The van der Waals surface area contributed by atoms with E-state index in [2.05, 4.69) is 47.4 Å². The van der Waals surface area contributed by atoms with Crippen LogP contribution in [0.15, 0.2) is 24.3 Å². The molecule has 13 heavy (non-hydrogen) atoms. The molecule has 0 aromatic heterocycles. The summed E-state index contributed by atoms with van der Waals surface area (Å²) in [6, 6.07) is 8.67. The van der Waals surface area contributed by atoms with Crippen LogP contribution in [0.1, 0.15) is 25.0 Å². The minimum Gasteiger partial charge on any atom is -0.300 e. The van der Waals surface area contributed by atoms with Crippen LogP contribution in [0, 0.1) is 0 Å². The second kappa shape index (κ2) is 3.50. The Labute approximate surface area is 89.3 Å². The molecular weight excluding hydrogens is 273 g/mol. The number of hydrogen-bond acceptors (Lipinski definition) is 1. The molecule has 0 aliphatic carbocycles. The lowest BCUT2D eigenvalue weighted by Gasteiger charge is -2.19. The van der Waals surface area contributed by atoms with Crippen molar-refractivity contribution in [1.82, 2.24) is 5.32 Å². The van der Waals surface area contributed by atoms with Crippen molar-refractivity contribution in [3.63, 3.8) is 0 Å². The molecule has 0 fully saturated rings. The zero-order valence-corrected chi connectivity index (χ0v) is 10.1. The van der Waals surface area contributed by atoms with Crippen molar-refractivity contribution in [2.75, 3.05) is 0 Å². The minimum atomic E-state index is 0.116. The van der Waals surface area contributed by atoms with Gasteiger partial charge in [-0.05, 0) is 29.0 Å². The highest BCUT2D eigenvalue weighted by atomic mass is 127. The van der Waals surface area contributed by atoms with E-state index in [4.69, 9.17) is 0 Å². The molecule has 70 valence electrons. The molecule has 2 rings (SSSR count). The fourth-order valence-corrected chi connectivity index (χ4v) is 3.47. The summed E-state index contributed by atoms with van der Waals surface area (Å²) in [5, 5.41) is 3.59. The van der Waals surface area contributed by atoms with Gasteiger partial charge in [0.05, 0.1) is 3.55 Å². The largest absolute Gasteiger partial charge is 0.300 e. The van der Waals surface area contributed by atoms with E-state index in [1.807, 2.05) is 0 Å². The van der Waals surface area contributed by atoms with Gasteiger partial charge in [-0.2, -0.15) is 0 Å². The average molecular weight is 287 g/mol. The predicted molar refractivity (Wildman–Crippen MR) is 66.5 cm³/mol. The van der Waals surface area contributed by atoms with Crippen molar-refractivity contribution in [2.45, 2.75) is 23.9 Å². The number of alkyl halides is 1. The van der Waals surface area contributed by atoms with Crippen molar-refractivity contribution in [3.8, 4) is 0 Å². The second-order valence-electron chi connectivity index (χ2n) is 3.74. The zero-order valence-electron chi connectivity index (χ0n) is 7.97. The quantitative estimate of drug-likeness (QED) is 0.439. The Morgan fingerprint density at radius 3 is 2.92 bits per heavy atom. The molecule has 0 atom stereocenters. The maximum Gasteiger partial charge on any atom is 0.0602 e. The van der Waals surface area contributed by atoms with E-state index < -0.39 is 0 Å². The molecule has 1 nitrogen and oxygen atoms in total. The van der Waals surface area contributed by atoms with Gasteiger partial charge in [-0.1, -0.05) is 45.0 Å². The van der Waals surface area contributed by atoms with Crippen LogP contribution in [0.3, 0.4) is 0 Å². The number of fused-ring (bicyclic) bond motifs is 1. The molecule has 0 saturated heterocycles. The van der Waals surface area contributed by atoms with E-state index in [1.165, 1.54) is 11.1 Å². The number of nitrogens with one attached hydrogen (secondary N) is 1. The first-order valence-corrected chi connectivity index (χ1v) is 6.80. The predicted octanol–water partition coefficient (Wildman–Crippen LogP) is 2.65. The van der Waals surface area contributed by atoms with Crippen molar-refractivity contribution in [1.29, 1.82) is 0 Å². The summed E-state index contributed by atoms with van der Waals surface area (Å²) in [7, 11) is 0. The molecule has 0 amide bonds. The third-order valence-corrected chi connectivity index (χ3v) is 5.12. The van der Waals surface area contributed by atoms with Crippen LogP contribution in [0.2, 0.25) is 0 Å². The molecule has 2 heteroatoms. The lowest BCUT2D eigenvalue weighted by Crippen LogP contribution is -2.31. The summed E-state index contributed by atoms with van der Waals surface area (Å²) >= 11 is 0.116. The van der Waals surface area contributed by atoms with Gasteiger partial charge in [0, 0.05) is 6.54 Å². The number of benzene rings is 1. The van der Waals surface area contributed by atoms with Gasteiger partial charge in [0.25, 0.3) is 0 Å². The maximum absolute atomic E-state index is 3.59. The van der Waals surface area contributed by atoms with Crippen LogP contribution in [-0.2, 0) is 6.54 Å².